The van der Waals surface area contributed by atoms with Gasteiger partial charge in [0.15, 0.2) is 6.17 Å². The quantitative estimate of drug-likeness (QED) is 0.558. The van der Waals surface area contributed by atoms with Crippen molar-refractivity contribution < 1.29 is 4.79 Å². The van der Waals surface area contributed by atoms with Gasteiger partial charge in [-0.1, -0.05) is 36.4 Å². The van der Waals surface area contributed by atoms with Crippen molar-refractivity contribution in [3.8, 4) is 0 Å². The molecule has 28 heavy (non-hydrogen) atoms. The predicted octanol–water partition coefficient (Wildman–Crippen LogP) is 4.71. The van der Waals surface area contributed by atoms with Crippen LogP contribution in [-0.4, -0.2) is 15.9 Å². The fourth-order valence-electron chi connectivity index (χ4n) is 3.61. The van der Waals surface area contributed by atoms with E-state index in [0.29, 0.717) is 11.3 Å². The zero-order chi connectivity index (χ0) is 19.1. The molecule has 0 fully saturated rings. The summed E-state index contributed by atoms with van der Waals surface area (Å²) in [6, 6.07) is 23.2. The molecule has 1 amide bonds. The lowest BCUT2D eigenvalue weighted by molar-refractivity contribution is 0.0974. The number of amides is 1. The van der Waals surface area contributed by atoms with Gasteiger partial charge in [-0.2, -0.15) is 0 Å². The highest BCUT2D eigenvalue weighted by Gasteiger charge is 2.35. The van der Waals surface area contributed by atoms with Crippen LogP contribution in [0.1, 0.15) is 27.8 Å². The first-order chi connectivity index (χ1) is 13.7. The minimum atomic E-state index is -0.443. The Morgan fingerprint density at radius 3 is 2.57 bits per heavy atom. The summed E-state index contributed by atoms with van der Waals surface area (Å²) < 4.78 is 0. The van der Waals surface area contributed by atoms with Gasteiger partial charge in [0.1, 0.15) is 5.69 Å². The van der Waals surface area contributed by atoms with Crippen molar-refractivity contribution in [1.29, 1.82) is 0 Å². The summed E-state index contributed by atoms with van der Waals surface area (Å²) in [6.07, 6.45) is 1.30. The molecule has 0 radical (unpaired) electrons. The van der Waals surface area contributed by atoms with Gasteiger partial charge in [0, 0.05) is 11.4 Å². The fourth-order valence-corrected chi connectivity index (χ4v) is 3.61. The summed E-state index contributed by atoms with van der Waals surface area (Å²) >= 11 is 0. The van der Waals surface area contributed by atoms with E-state index in [1.54, 1.807) is 11.1 Å². The molecule has 1 aromatic heterocycles. The van der Waals surface area contributed by atoms with Crippen LogP contribution in [0.15, 0.2) is 79.0 Å². The molecule has 0 unspecified atom stereocenters. The summed E-state index contributed by atoms with van der Waals surface area (Å²) in [5, 5.41) is 3.48. The molecule has 0 spiro atoms. The molecule has 0 saturated carbocycles. The van der Waals surface area contributed by atoms with Crippen molar-refractivity contribution in [3.05, 3.63) is 95.8 Å². The van der Waals surface area contributed by atoms with E-state index in [1.807, 2.05) is 79.7 Å². The SMILES string of the molecule is Cc1cccc(N2C(=O)c3ccccc3N[C@@H]2c2cnc3ccccc3n2)c1. The molecule has 0 aliphatic carbocycles. The number of aromatic nitrogens is 2. The first-order valence-corrected chi connectivity index (χ1v) is 9.18. The first-order valence-electron chi connectivity index (χ1n) is 9.18. The Morgan fingerprint density at radius 1 is 0.929 bits per heavy atom. The van der Waals surface area contributed by atoms with Gasteiger partial charge < -0.3 is 5.32 Å². The van der Waals surface area contributed by atoms with E-state index < -0.39 is 6.17 Å². The van der Waals surface area contributed by atoms with Gasteiger partial charge in [-0.3, -0.25) is 14.7 Å². The van der Waals surface area contributed by atoms with Gasteiger partial charge in [-0.05, 0) is 48.9 Å². The Labute approximate surface area is 162 Å². The summed E-state index contributed by atoms with van der Waals surface area (Å²) in [7, 11) is 0. The number of nitrogens with zero attached hydrogens (tertiary/aromatic N) is 3. The van der Waals surface area contributed by atoms with Crippen LogP contribution < -0.4 is 10.2 Å². The van der Waals surface area contributed by atoms with Crippen LogP contribution in [-0.2, 0) is 0 Å². The maximum Gasteiger partial charge on any atom is 0.262 e. The molecule has 5 heteroatoms. The second kappa shape index (κ2) is 6.46. The van der Waals surface area contributed by atoms with E-state index in [0.717, 1.165) is 28.0 Å². The van der Waals surface area contributed by atoms with E-state index in [1.165, 1.54) is 0 Å². The van der Waals surface area contributed by atoms with E-state index in [2.05, 4.69) is 10.3 Å². The van der Waals surface area contributed by atoms with Crippen LogP contribution in [0.5, 0.6) is 0 Å². The number of anilines is 2. The van der Waals surface area contributed by atoms with Crippen molar-refractivity contribution in [3.63, 3.8) is 0 Å². The van der Waals surface area contributed by atoms with Crippen molar-refractivity contribution >= 4 is 28.3 Å². The molecule has 1 aliphatic rings. The third-order valence-electron chi connectivity index (χ3n) is 4.95. The number of aryl methyl sites for hydroxylation is 1. The molecule has 1 aliphatic heterocycles. The monoisotopic (exact) mass is 366 g/mol. The number of hydrogen-bond donors (Lipinski definition) is 1. The highest BCUT2D eigenvalue weighted by molar-refractivity contribution is 6.12. The number of benzene rings is 3. The number of rotatable bonds is 2. The lowest BCUT2D eigenvalue weighted by atomic mass is 10.0. The third kappa shape index (κ3) is 2.68. The average molecular weight is 366 g/mol. The first kappa shape index (κ1) is 16.4. The van der Waals surface area contributed by atoms with Gasteiger partial charge in [0.25, 0.3) is 5.91 Å². The summed E-state index contributed by atoms with van der Waals surface area (Å²) in [4.78, 5) is 24.5. The van der Waals surface area contributed by atoms with Crippen molar-refractivity contribution in [2.45, 2.75) is 13.1 Å². The van der Waals surface area contributed by atoms with E-state index in [4.69, 9.17) is 4.98 Å². The van der Waals surface area contributed by atoms with Crippen molar-refractivity contribution in [2.24, 2.45) is 0 Å². The van der Waals surface area contributed by atoms with E-state index in [-0.39, 0.29) is 5.91 Å². The van der Waals surface area contributed by atoms with Gasteiger partial charge in [-0.15, -0.1) is 0 Å². The Bertz CT molecular complexity index is 1200. The van der Waals surface area contributed by atoms with Crippen molar-refractivity contribution in [2.75, 3.05) is 10.2 Å². The molecule has 1 N–H and O–H groups in total. The summed E-state index contributed by atoms with van der Waals surface area (Å²) in [6.45, 7) is 2.02. The largest absolute Gasteiger partial charge is 0.359 e. The number of para-hydroxylation sites is 3. The van der Waals surface area contributed by atoms with Gasteiger partial charge in [0.05, 0.1) is 22.8 Å². The summed E-state index contributed by atoms with van der Waals surface area (Å²) in [5.41, 5.74) is 5.70. The number of hydrogen-bond acceptors (Lipinski definition) is 4. The standard InChI is InChI=1S/C23H18N4O/c1-15-7-6-8-16(13-15)27-22(26-18-10-3-2-9-17(18)23(27)28)21-14-24-19-11-4-5-12-20(19)25-21/h2-14,22,26H,1H3/t22-/m0/s1. The Morgan fingerprint density at radius 2 is 1.71 bits per heavy atom. The van der Waals surface area contributed by atoms with Crippen LogP contribution in [0.2, 0.25) is 0 Å². The Balaban J connectivity index is 1.69. The zero-order valence-corrected chi connectivity index (χ0v) is 15.3. The minimum Gasteiger partial charge on any atom is -0.359 e. The van der Waals surface area contributed by atoms with Crippen LogP contribution >= 0.6 is 0 Å². The van der Waals surface area contributed by atoms with Gasteiger partial charge in [0.2, 0.25) is 0 Å². The zero-order valence-electron chi connectivity index (χ0n) is 15.3. The molecule has 1 atom stereocenters. The lowest BCUT2D eigenvalue weighted by Crippen LogP contribution is -2.43. The molecule has 0 bridgehead atoms. The van der Waals surface area contributed by atoms with Gasteiger partial charge >= 0.3 is 0 Å². The van der Waals surface area contributed by atoms with Crippen LogP contribution in [0.3, 0.4) is 0 Å². The smallest absolute Gasteiger partial charge is 0.262 e. The molecular weight excluding hydrogens is 348 g/mol. The summed E-state index contributed by atoms with van der Waals surface area (Å²) in [5.74, 6) is -0.0556. The Hall–Kier alpha value is -3.73. The molecular formula is C23H18N4O. The maximum atomic E-state index is 13.4. The fraction of sp³-hybridized carbons (Fsp3) is 0.0870. The van der Waals surface area contributed by atoms with Crippen LogP contribution in [0, 0.1) is 6.92 Å². The lowest BCUT2D eigenvalue weighted by Gasteiger charge is -2.37. The number of fused-ring (bicyclic) bond motifs is 2. The van der Waals surface area contributed by atoms with Crippen molar-refractivity contribution in [1.82, 2.24) is 9.97 Å². The average Bonchev–Trinajstić information content (AvgIpc) is 2.73. The minimum absolute atomic E-state index is 0.0556. The molecule has 5 nitrogen and oxygen atoms in total. The normalized spacial score (nSPS) is 16.0. The second-order valence-corrected chi connectivity index (χ2v) is 6.89. The van der Waals surface area contributed by atoms with E-state index >= 15 is 0 Å². The number of carbonyl (C=O) groups is 1. The van der Waals surface area contributed by atoms with E-state index in [9.17, 15) is 4.79 Å². The molecule has 2 heterocycles. The molecule has 136 valence electrons. The van der Waals surface area contributed by atoms with Crippen LogP contribution in [0.25, 0.3) is 11.0 Å². The predicted molar refractivity (Wildman–Crippen MR) is 110 cm³/mol. The number of nitrogens with one attached hydrogen (secondary N) is 1. The van der Waals surface area contributed by atoms with Gasteiger partial charge in [-0.25, -0.2) is 4.98 Å². The third-order valence-corrected chi connectivity index (χ3v) is 4.95. The number of carbonyl (C=O) groups excluding carboxylic acids is 1. The molecule has 0 saturated heterocycles. The van der Waals surface area contributed by atoms with Crippen LogP contribution in [0.4, 0.5) is 11.4 Å². The molecule has 3 aromatic carbocycles. The maximum absolute atomic E-state index is 13.4. The highest BCUT2D eigenvalue weighted by atomic mass is 16.2. The Kier molecular flexibility index (Phi) is 3.79. The molecule has 5 rings (SSSR count). The topological polar surface area (TPSA) is 58.1 Å². The second-order valence-electron chi connectivity index (χ2n) is 6.89. The highest BCUT2D eigenvalue weighted by Crippen LogP contribution is 2.36. The molecule has 4 aromatic rings.